The highest BCUT2D eigenvalue weighted by atomic mass is 32.1. The molecule has 4 nitrogen and oxygen atoms in total. The zero-order valence-electron chi connectivity index (χ0n) is 13.4. The fraction of sp³-hybridized carbons (Fsp3) is 0.812. The molecule has 118 valence electrons. The summed E-state index contributed by atoms with van der Waals surface area (Å²) >= 11 is 1.87. The topological polar surface area (TPSA) is 37.4 Å². The van der Waals surface area contributed by atoms with Crippen molar-refractivity contribution in [1.29, 1.82) is 0 Å². The minimum atomic E-state index is -0.0251. The van der Waals surface area contributed by atoms with E-state index in [1.54, 1.807) is 0 Å². The van der Waals surface area contributed by atoms with Gasteiger partial charge in [-0.3, -0.25) is 0 Å². The Morgan fingerprint density at radius 1 is 1.48 bits per heavy atom. The first-order valence-electron chi connectivity index (χ1n) is 8.15. The van der Waals surface area contributed by atoms with Crippen molar-refractivity contribution in [2.45, 2.75) is 64.1 Å². The van der Waals surface area contributed by atoms with Gasteiger partial charge in [-0.05, 0) is 39.0 Å². The van der Waals surface area contributed by atoms with Crippen LogP contribution in [0.5, 0.6) is 0 Å². The predicted octanol–water partition coefficient (Wildman–Crippen LogP) is 2.96. The lowest BCUT2D eigenvalue weighted by molar-refractivity contribution is -0.00466. The molecule has 0 bridgehead atoms. The fourth-order valence-electron chi connectivity index (χ4n) is 2.98. The molecule has 1 atom stereocenters. The summed E-state index contributed by atoms with van der Waals surface area (Å²) in [5.74, 6) is 0. The minimum Gasteiger partial charge on any atom is -0.377 e. The summed E-state index contributed by atoms with van der Waals surface area (Å²) in [5, 5.41) is 4.80. The van der Waals surface area contributed by atoms with E-state index in [0.717, 1.165) is 38.5 Å². The molecule has 5 heteroatoms. The van der Waals surface area contributed by atoms with Gasteiger partial charge in [0.15, 0.2) is 5.13 Å². The predicted molar refractivity (Wildman–Crippen MR) is 88.2 cm³/mol. The van der Waals surface area contributed by atoms with Crippen LogP contribution in [0, 0.1) is 0 Å². The third-order valence-corrected chi connectivity index (χ3v) is 5.81. The highest BCUT2D eigenvalue weighted by molar-refractivity contribution is 7.15. The van der Waals surface area contributed by atoms with E-state index < -0.39 is 0 Å². The van der Waals surface area contributed by atoms with Crippen LogP contribution >= 0.6 is 11.3 Å². The summed E-state index contributed by atoms with van der Waals surface area (Å²) in [6, 6.07) is 0.757. The lowest BCUT2D eigenvalue weighted by atomic mass is 9.95. The summed E-state index contributed by atoms with van der Waals surface area (Å²) in [6.45, 7) is 7.46. The average molecular weight is 309 g/mol. The van der Waals surface area contributed by atoms with Crippen molar-refractivity contribution in [3.8, 4) is 0 Å². The third kappa shape index (κ3) is 3.58. The Hall–Kier alpha value is -0.650. The number of anilines is 1. The van der Waals surface area contributed by atoms with Gasteiger partial charge in [-0.1, -0.05) is 6.92 Å². The monoisotopic (exact) mass is 309 g/mol. The van der Waals surface area contributed by atoms with Crippen LogP contribution in [0.1, 0.15) is 50.1 Å². The Morgan fingerprint density at radius 3 is 2.95 bits per heavy atom. The van der Waals surface area contributed by atoms with Crippen LogP contribution in [-0.4, -0.2) is 36.8 Å². The molecule has 0 radical (unpaired) electrons. The van der Waals surface area contributed by atoms with Crippen molar-refractivity contribution in [2.75, 3.05) is 25.1 Å². The molecule has 1 unspecified atom stereocenters. The molecule has 1 aliphatic carbocycles. The van der Waals surface area contributed by atoms with Crippen molar-refractivity contribution in [3.63, 3.8) is 0 Å². The third-order valence-electron chi connectivity index (χ3n) is 4.65. The van der Waals surface area contributed by atoms with Gasteiger partial charge < -0.3 is 15.0 Å². The normalized spacial score (nSPS) is 26.3. The number of methoxy groups -OCH3 is 1. The zero-order chi connectivity index (χ0) is 14.9. The summed E-state index contributed by atoms with van der Waals surface area (Å²) in [6.07, 6.45) is 6.02. The maximum atomic E-state index is 5.70. The Labute approximate surface area is 131 Å². The Balaban J connectivity index is 1.71. The van der Waals surface area contributed by atoms with E-state index in [2.05, 4.69) is 24.1 Å². The van der Waals surface area contributed by atoms with Crippen molar-refractivity contribution >= 4 is 16.5 Å². The quantitative estimate of drug-likeness (QED) is 0.876. The van der Waals surface area contributed by atoms with Gasteiger partial charge in [0.1, 0.15) is 0 Å². The molecule has 0 amide bonds. The number of aryl methyl sites for hydroxylation is 1. The number of piperidine rings is 1. The Morgan fingerprint density at radius 2 is 2.29 bits per heavy atom. The molecular formula is C16H27N3OS. The number of nitrogens with zero attached hydrogens (tertiary/aromatic N) is 2. The van der Waals surface area contributed by atoms with Crippen LogP contribution in [-0.2, 0) is 17.7 Å². The van der Waals surface area contributed by atoms with Crippen molar-refractivity contribution in [2.24, 2.45) is 0 Å². The van der Waals surface area contributed by atoms with Crippen LogP contribution in [0.25, 0.3) is 0 Å². The second-order valence-electron chi connectivity index (χ2n) is 6.55. The molecule has 1 aromatic heterocycles. The summed E-state index contributed by atoms with van der Waals surface area (Å²) in [4.78, 5) is 8.73. The molecular weight excluding hydrogens is 282 g/mol. The zero-order valence-corrected chi connectivity index (χ0v) is 14.3. The number of hydrogen-bond donors (Lipinski definition) is 1. The first kappa shape index (κ1) is 15.3. The Kier molecular flexibility index (Phi) is 4.52. The number of ether oxygens (including phenoxy) is 1. The van der Waals surface area contributed by atoms with Crippen molar-refractivity contribution in [3.05, 3.63) is 10.6 Å². The smallest absolute Gasteiger partial charge is 0.185 e. The lowest BCUT2D eigenvalue weighted by Gasteiger charge is -2.39. The molecule has 1 N–H and O–H groups in total. The molecule has 2 aliphatic rings. The summed E-state index contributed by atoms with van der Waals surface area (Å²) in [5.41, 5.74) is 1.25. The Bertz CT molecular complexity index is 486. The molecule has 3 rings (SSSR count). The maximum absolute atomic E-state index is 5.70. The van der Waals surface area contributed by atoms with Crippen LogP contribution < -0.4 is 10.2 Å². The maximum Gasteiger partial charge on any atom is 0.185 e. The lowest BCUT2D eigenvalue weighted by Crippen LogP contribution is -2.47. The van der Waals surface area contributed by atoms with Gasteiger partial charge in [-0.15, -0.1) is 11.3 Å². The molecule has 0 aromatic carbocycles. The van der Waals surface area contributed by atoms with E-state index >= 15 is 0 Å². The highest BCUT2D eigenvalue weighted by Crippen LogP contribution is 2.33. The van der Waals surface area contributed by atoms with Crippen LogP contribution in [0.15, 0.2) is 0 Å². The SMILES string of the molecule is CCc1nc(N2CCCC(C)(OC)C2)sc1CNC1CC1. The van der Waals surface area contributed by atoms with Gasteiger partial charge in [0.2, 0.25) is 0 Å². The number of hydrogen-bond acceptors (Lipinski definition) is 5. The van der Waals surface area contributed by atoms with Gasteiger partial charge in [-0.2, -0.15) is 0 Å². The van der Waals surface area contributed by atoms with Gasteiger partial charge in [-0.25, -0.2) is 4.98 Å². The van der Waals surface area contributed by atoms with E-state index in [1.807, 2.05) is 18.4 Å². The van der Waals surface area contributed by atoms with Crippen LogP contribution in [0.3, 0.4) is 0 Å². The molecule has 2 heterocycles. The minimum absolute atomic E-state index is 0.0251. The largest absolute Gasteiger partial charge is 0.377 e. The standard InChI is InChI=1S/C16H27N3OS/c1-4-13-14(10-17-12-6-7-12)21-15(18-13)19-9-5-8-16(2,11-19)20-3/h12,17H,4-11H2,1-3H3. The van der Waals surface area contributed by atoms with E-state index in [1.165, 1.54) is 35.0 Å². The van der Waals surface area contributed by atoms with E-state index in [-0.39, 0.29) is 5.60 Å². The van der Waals surface area contributed by atoms with E-state index in [0.29, 0.717) is 0 Å². The number of thiazole rings is 1. The summed E-state index contributed by atoms with van der Waals surface area (Å²) in [7, 11) is 1.83. The number of nitrogens with one attached hydrogen (secondary N) is 1. The molecule has 1 aromatic rings. The molecule has 21 heavy (non-hydrogen) atoms. The second-order valence-corrected chi connectivity index (χ2v) is 7.62. The van der Waals surface area contributed by atoms with Gasteiger partial charge in [0, 0.05) is 37.7 Å². The molecule has 1 saturated carbocycles. The number of aromatic nitrogens is 1. The number of rotatable bonds is 6. The molecule has 1 aliphatic heterocycles. The van der Waals surface area contributed by atoms with Gasteiger partial charge in [0.05, 0.1) is 11.3 Å². The fourth-order valence-corrected chi connectivity index (χ4v) is 4.10. The molecule has 0 spiro atoms. The highest BCUT2D eigenvalue weighted by Gasteiger charge is 2.32. The average Bonchev–Trinajstić information content (AvgIpc) is 3.23. The van der Waals surface area contributed by atoms with Gasteiger partial charge in [0.25, 0.3) is 0 Å². The first-order chi connectivity index (χ1) is 10.1. The van der Waals surface area contributed by atoms with Gasteiger partial charge >= 0.3 is 0 Å². The summed E-state index contributed by atoms with van der Waals surface area (Å²) < 4.78 is 5.70. The van der Waals surface area contributed by atoms with Crippen LogP contribution in [0.4, 0.5) is 5.13 Å². The van der Waals surface area contributed by atoms with Crippen molar-refractivity contribution in [1.82, 2.24) is 10.3 Å². The molecule has 2 fully saturated rings. The van der Waals surface area contributed by atoms with Crippen molar-refractivity contribution < 1.29 is 4.74 Å². The molecule has 1 saturated heterocycles. The second kappa shape index (κ2) is 6.23. The first-order valence-corrected chi connectivity index (χ1v) is 8.97. The van der Waals surface area contributed by atoms with Crippen LogP contribution in [0.2, 0.25) is 0 Å². The van der Waals surface area contributed by atoms with E-state index in [4.69, 9.17) is 9.72 Å². The van der Waals surface area contributed by atoms with E-state index in [9.17, 15) is 0 Å².